The van der Waals surface area contributed by atoms with Crippen molar-refractivity contribution in [3.05, 3.63) is 29.8 Å². The van der Waals surface area contributed by atoms with E-state index in [9.17, 15) is 4.79 Å². The highest BCUT2D eigenvalue weighted by Crippen LogP contribution is 2.28. The third-order valence-electron chi connectivity index (χ3n) is 3.64. The molecule has 0 radical (unpaired) electrons. The lowest BCUT2D eigenvalue weighted by molar-refractivity contribution is 0.100. The molecule has 3 heteroatoms. The maximum atomic E-state index is 11.0. The van der Waals surface area contributed by atoms with Crippen molar-refractivity contribution in [3.63, 3.8) is 0 Å². The largest absolute Gasteiger partial charge is 0.366 e. The van der Waals surface area contributed by atoms with Gasteiger partial charge in [0.1, 0.15) is 0 Å². The molecule has 2 rings (SSSR count). The Morgan fingerprint density at radius 1 is 1.18 bits per heavy atom. The monoisotopic (exact) mass is 232 g/mol. The Bertz CT molecular complexity index is 389. The van der Waals surface area contributed by atoms with Gasteiger partial charge < -0.3 is 10.6 Å². The van der Waals surface area contributed by atoms with E-state index in [0.29, 0.717) is 17.6 Å². The van der Waals surface area contributed by atoms with Crippen LogP contribution in [-0.2, 0) is 0 Å². The Labute approximate surface area is 103 Å². The summed E-state index contributed by atoms with van der Waals surface area (Å²) in [6.07, 6.45) is 3.78. The fourth-order valence-electron chi connectivity index (χ4n) is 2.73. The van der Waals surface area contributed by atoms with Crippen molar-refractivity contribution in [1.29, 1.82) is 0 Å². The Balaban J connectivity index is 2.23. The van der Waals surface area contributed by atoms with Crippen molar-refractivity contribution < 1.29 is 4.79 Å². The predicted molar refractivity (Wildman–Crippen MR) is 70.2 cm³/mol. The van der Waals surface area contributed by atoms with Crippen LogP contribution >= 0.6 is 0 Å². The molecule has 0 bridgehead atoms. The summed E-state index contributed by atoms with van der Waals surface area (Å²) in [4.78, 5) is 13.5. The fourth-order valence-corrected chi connectivity index (χ4v) is 2.73. The van der Waals surface area contributed by atoms with E-state index >= 15 is 0 Å². The number of nitrogens with two attached hydrogens (primary N) is 1. The second kappa shape index (κ2) is 4.78. The quantitative estimate of drug-likeness (QED) is 0.851. The molecular formula is C14H20N2O. The summed E-state index contributed by atoms with van der Waals surface area (Å²) in [6, 6.07) is 8.75. The summed E-state index contributed by atoms with van der Waals surface area (Å²) in [6.45, 7) is 4.52. The molecule has 17 heavy (non-hydrogen) atoms. The van der Waals surface area contributed by atoms with E-state index in [2.05, 4.69) is 18.7 Å². The van der Waals surface area contributed by atoms with Crippen LogP contribution in [0.4, 0.5) is 5.69 Å². The van der Waals surface area contributed by atoms with Crippen molar-refractivity contribution in [3.8, 4) is 0 Å². The molecule has 1 aromatic carbocycles. The van der Waals surface area contributed by atoms with Gasteiger partial charge in [-0.15, -0.1) is 0 Å². The fraction of sp³-hybridized carbons (Fsp3) is 0.500. The lowest BCUT2D eigenvalue weighted by atomic mass is 9.96. The highest BCUT2D eigenvalue weighted by Gasteiger charge is 2.24. The van der Waals surface area contributed by atoms with Crippen LogP contribution in [0.5, 0.6) is 0 Å². The summed E-state index contributed by atoms with van der Waals surface area (Å²) in [7, 11) is 0. The Kier molecular flexibility index (Phi) is 3.36. The third kappa shape index (κ3) is 2.43. The Morgan fingerprint density at radius 3 is 2.18 bits per heavy atom. The van der Waals surface area contributed by atoms with Crippen molar-refractivity contribution in [2.45, 2.75) is 45.2 Å². The average molecular weight is 232 g/mol. The first kappa shape index (κ1) is 12.0. The number of hydrogen-bond donors (Lipinski definition) is 1. The molecule has 1 fully saturated rings. The molecule has 1 aliphatic rings. The molecule has 2 atom stereocenters. The van der Waals surface area contributed by atoms with Gasteiger partial charge >= 0.3 is 0 Å². The second-order valence-corrected chi connectivity index (χ2v) is 4.95. The minimum absolute atomic E-state index is 0.365. The van der Waals surface area contributed by atoms with E-state index in [0.717, 1.165) is 0 Å². The van der Waals surface area contributed by atoms with Crippen molar-refractivity contribution in [2.75, 3.05) is 4.90 Å². The first-order valence-electron chi connectivity index (χ1n) is 6.28. The van der Waals surface area contributed by atoms with Crippen LogP contribution in [0.2, 0.25) is 0 Å². The van der Waals surface area contributed by atoms with Gasteiger partial charge in [0.15, 0.2) is 0 Å². The molecule has 1 heterocycles. The van der Waals surface area contributed by atoms with E-state index < -0.39 is 0 Å². The lowest BCUT2D eigenvalue weighted by Crippen LogP contribution is -2.43. The lowest BCUT2D eigenvalue weighted by Gasteiger charge is -2.41. The zero-order valence-electron chi connectivity index (χ0n) is 10.5. The van der Waals surface area contributed by atoms with Crippen LogP contribution < -0.4 is 10.6 Å². The van der Waals surface area contributed by atoms with Gasteiger partial charge in [-0.25, -0.2) is 0 Å². The Hall–Kier alpha value is -1.51. The summed E-state index contributed by atoms with van der Waals surface area (Å²) < 4.78 is 0. The molecular weight excluding hydrogens is 212 g/mol. The van der Waals surface area contributed by atoms with Crippen LogP contribution in [-0.4, -0.2) is 18.0 Å². The van der Waals surface area contributed by atoms with E-state index in [1.54, 1.807) is 0 Å². The summed E-state index contributed by atoms with van der Waals surface area (Å²) >= 11 is 0. The van der Waals surface area contributed by atoms with Gasteiger partial charge in [0.05, 0.1) is 0 Å². The summed E-state index contributed by atoms with van der Waals surface area (Å²) in [5.41, 5.74) is 7.01. The highest BCUT2D eigenvalue weighted by molar-refractivity contribution is 5.93. The van der Waals surface area contributed by atoms with Gasteiger partial charge in [0.2, 0.25) is 5.91 Å². The minimum Gasteiger partial charge on any atom is -0.366 e. The zero-order valence-corrected chi connectivity index (χ0v) is 10.5. The molecule has 1 saturated heterocycles. The van der Waals surface area contributed by atoms with E-state index in [4.69, 9.17) is 5.73 Å². The van der Waals surface area contributed by atoms with Gasteiger partial charge in [-0.3, -0.25) is 4.79 Å². The number of primary amides is 1. The van der Waals surface area contributed by atoms with Gasteiger partial charge in [-0.05, 0) is 57.4 Å². The summed E-state index contributed by atoms with van der Waals surface area (Å²) in [5.74, 6) is -0.365. The number of amides is 1. The van der Waals surface area contributed by atoms with Gasteiger partial charge in [-0.1, -0.05) is 0 Å². The van der Waals surface area contributed by atoms with Crippen molar-refractivity contribution >= 4 is 11.6 Å². The predicted octanol–water partition coefficient (Wildman–Crippen LogP) is 2.55. The Morgan fingerprint density at radius 2 is 1.71 bits per heavy atom. The number of nitrogens with zero attached hydrogens (tertiary/aromatic N) is 1. The molecule has 0 aromatic heterocycles. The molecule has 0 aliphatic carbocycles. The molecule has 2 N–H and O–H groups in total. The average Bonchev–Trinajstić information content (AvgIpc) is 2.29. The second-order valence-electron chi connectivity index (χ2n) is 4.95. The summed E-state index contributed by atoms with van der Waals surface area (Å²) in [5, 5.41) is 0. The SMILES string of the molecule is CC1CCCC(C)N1c1ccc(C(N)=O)cc1. The maximum absolute atomic E-state index is 11.0. The number of carbonyl (C=O) groups is 1. The standard InChI is InChI=1S/C14H20N2O/c1-10-4-3-5-11(2)16(10)13-8-6-12(7-9-13)14(15)17/h6-11H,3-5H2,1-2H3,(H2,15,17). The van der Waals surface area contributed by atoms with E-state index in [1.165, 1.54) is 24.9 Å². The van der Waals surface area contributed by atoms with E-state index in [1.807, 2.05) is 24.3 Å². The normalized spacial score (nSPS) is 24.7. The van der Waals surface area contributed by atoms with E-state index in [-0.39, 0.29) is 5.91 Å². The van der Waals surface area contributed by atoms with Crippen LogP contribution in [0.1, 0.15) is 43.5 Å². The molecule has 1 aromatic rings. The topological polar surface area (TPSA) is 46.3 Å². The van der Waals surface area contributed by atoms with Crippen molar-refractivity contribution in [1.82, 2.24) is 0 Å². The first-order valence-corrected chi connectivity index (χ1v) is 6.28. The zero-order chi connectivity index (χ0) is 12.4. The van der Waals surface area contributed by atoms with Gasteiger partial charge in [-0.2, -0.15) is 0 Å². The van der Waals surface area contributed by atoms with Crippen LogP contribution in [0.25, 0.3) is 0 Å². The van der Waals surface area contributed by atoms with Gasteiger partial charge in [0, 0.05) is 23.3 Å². The first-order chi connectivity index (χ1) is 8.09. The van der Waals surface area contributed by atoms with Gasteiger partial charge in [0.25, 0.3) is 0 Å². The molecule has 2 unspecified atom stereocenters. The number of anilines is 1. The number of hydrogen-bond acceptors (Lipinski definition) is 2. The van der Waals surface area contributed by atoms with Crippen molar-refractivity contribution in [2.24, 2.45) is 5.73 Å². The number of benzene rings is 1. The smallest absolute Gasteiger partial charge is 0.248 e. The molecule has 0 saturated carbocycles. The maximum Gasteiger partial charge on any atom is 0.248 e. The molecule has 0 spiro atoms. The molecule has 92 valence electrons. The number of carbonyl (C=O) groups excluding carboxylic acids is 1. The number of piperidine rings is 1. The highest BCUT2D eigenvalue weighted by atomic mass is 16.1. The third-order valence-corrected chi connectivity index (χ3v) is 3.64. The number of rotatable bonds is 2. The molecule has 1 amide bonds. The molecule has 3 nitrogen and oxygen atoms in total. The molecule has 1 aliphatic heterocycles. The van der Waals surface area contributed by atoms with Crippen LogP contribution in [0.3, 0.4) is 0 Å². The van der Waals surface area contributed by atoms with Crippen LogP contribution in [0, 0.1) is 0 Å². The van der Waals surface area contributed by atoms with Crippen LogP contribution in [0.15, 0.2) is 24.3 Å². The minimum atomic E-state index is -0.365.